The molecule has 2 aromatic rings. The Bertz CT molecular complexity index is 781. The van der Waals surface area contributed by atoms with Crippen LogP contribution in [0.5, 0.6) is 0 Å². The van der Waals surface area contributed by atoms with Gasteiger partial charge in [-0.25, -0.2) is 13.1 Å². The van der Waals surface area contributed by atoms with Crippen LogP contribution in [0, 0.1) is 6.92 Å². The molecule has 0 fully saturated rings. The largest absolute Gasteiger partial charge is 0.240 e. The summed E-state index contributed by atoms with van der Waals surface area (Å²) in [5.41, 5.74) is 4.58. The van der Waals surface area contributed by atoms with Gasteiger partial charge in [-0.15, -0.1) is 0 Å². The van der Waals surface area contributed by atoms with Gasteiger partial charge in [0.05, 0.1) is 4.90 Å². The molecular formula is C18H21NO2S. The van der Waals surface area contributed by atoms with Crippen molar-refractivity contribution < 1.29 is 8.42 Å². The molecule has 0 spiro atoms. The normalized spacial score (nSPS) is 14.6. The second-order valence-electron chi connectivity index (χ2n) is 5.89. The predicted octanol–water partition coefficient (Wildman–Crippen LogP) is 3.35. The van der Waals surface area contributed by atoms with Crippen molar-refractivity contribution in [2.75, 3.05) is 0 Å². The lowest BCUT2D eigenvalue weighted by molar-refractivity contribution is 0.580. The molecule has 4 heteroatoms. The van der Waals surface area contributed by atoms with Crippen LogP contribution in [-0.4, -0.2) is 8.42 Å². The summed E-state index contributed by atoms with van der Waals surface area (Å²) in [4.78, 5) is 0.377. The summed E-state index contributed by atoms with van der Waals surface area (Å²) in [6.45, 7) is 2.31. The van der Waals surface area contributed by atoms with E-state index in [1.165, 1.54) is 17.5 Å². The van der Waals surface area contributed by atoms with Crippen LogP contribution in [0.2, 0.25) is 0 Å². The molecule has 0 unspecified atom stereocenters. The number of fused-ring (bicyclic) bond motifs is 1. The lowest BCUT2D eigenvalue weighted by Crippen LogP contribution is -2.24. The van der Waals surface area contributed by atoms with E-state index in [4.69, 9.17) is 0 Å². The van der Waals surface area contributed by atoms with Gasteiger partial charge < -0.3 is 0 Å². The maximum atomic E-state index is 12.5. The first-order valence-corrected chi connectivity index (χ1v) is 9.20. The molecule has 0 aliphatic heterocycles. The number of hydrogen-bond acceptors (Lipinski definition) is 2. The lowest BCUT2D eigenvalue weighted by Gasteiger charge is -2.17. The highest BCUT2D eigenvalue weighted by Crippen LogP contribution is 2.24. The third-order valence-corrected chi connectivity index (χ3v) is 5.74. The van der Waals surface area contributed by atoms with Gasteiger partial charge in [-0.3, -0.25) is 0 Å². The average molecular weight is 315 g/mol. The van der Waals surface area contributed by atoms with Crippen molar-refractivity contribution >= 4 is 10.0 Å². The molecule has 0 aromatic heterocycles. The standard InChI is InChI=1S/C18H21NO2S/c1-14-6-2-3-9-17(14)13-19-22(20,21)18-11-10-15-7-4-5-8-16(15)12-18/h2-3,6,9-12,19H,4-5,7-8,13H2,1H3. The number of rotatable bonds is 4. The molecule has 2 aromatic carbocycles. The highest BCUT2D eigenvalue weighted by molar-refractivity contribution is 7.89. The molecule has 0 saturated carbocycles. The van der Waals surface area contributed by atoms with Crippen molar-refractivity contribution in [1.29, 1.82) is 0 Å². The average Bonchev–Trinajstić information content (AvgIpc) is 2.54. The van der Waals surface area contributed by atoms with Crippen LogP contribution in [0.1, 0.15) is 35.1 Å². The smallest absolute Gasteiger partial charge is 0.207 e. The summed E-state index contributed by atoms with van der Waals surface area (Å²) >= 11 is 0. The second kappa shape index (κ2) is 6.23. The van der Waals surface area contributed by atoms with Crippen LogP contribution >= 0.6 is 0 Å². The van der Waals surface area contributed by atoms with Gasteiger partial charge >= 0.3 is 0 Å². The summed E-state index contributed by atoms with van der Waals surface area (Å²) in [5.74, 6) is 0. The summed E-state index contributed by atoms with van der Waals surface area (Å²) in [7, 11) is -3.46. The minimum absolute atomic E-state index is 0.325. The van der Waals surface area contributed by atoms with E-state index in [2.05, 4.69) is 4.72 Å². The summed E-state index contributed by atoms with van der Waals surface area (Å²) < 4.78 is 27.7. The number of benzene rings is 2. The molecule has 0 bridgehead atoms. The van der Waals surface area contributed by atoms with E-state index in [0.29, 0.717) is 11.4 Å². The zero-order valence-corrected chi connectivity index (χ0v) is 13.6. The van der Waals surface area contributed by atoms with Crippen molar-refractivity contribution in [3.8, 4) is 0 Å². The molecule has 0 heterocycles. The molecule has 1 aliphatic rings. The fourth-order valence-electron chi connectivity index (χ4n) is 2.94. The molecule has 3 rings (SSSR count). The Hall–Kier alpha value is -1.65. The Balaban J connectivity index is 1.80. The van der Waals surface area contributed by atoms with Crippen LogP contribution in [-0.2, 0) is 29.4 Å². The van der Waals surface area contributed by atoms with Gasteiger partial charge in [0.15, 0.2) is 0 Å². The molecule has 116 valence electrons. The Labute approximate surface area is 132 Å². The third kappa shape index (κ3) is 3.23. The summed E-state index contributed by atoms with van der Waals surface area (Å²) in [5, 5.41) is 0. The van der Waals surface area contributed by atoms with Gasteiger partial charge in [0.1, 0.15) is 0 Å². The van der Waals surface area contributed by atoms with E-state index in [1.54, 1.807) is 6.07 Å². The van der Waals surface area contributed by atoms with Crippen LogP contribution in [0.4, 0.5) is 0 Å². The summed E-state index contributed by atoms with van der Waals surface area (Å²) in [6, 6.07) is 13.4. The summed E-state index contributed by atoms with van der Waals surface area (Å²) in [6.07, 6.45) is 4.39. The zero-order valence-electron chi connectivity index (χ0n) is 12.8. The van der Waals surface area contributed by atoms with E-state index in [-0.39, 0.29) is 0 Å². The molecule has 0 saturated heterocycles. The van der Waals surface area contributed by atoms with E-state index in [1.807, 2.05) is 43.3 Å². The molecule has 22 heavy (non-hydrogen) atoms. The fraction of sp³-hybridized carbons (Fsp3) is 0.333. The first-order chi connectivity index (χ1) is 10.6. The maximum Gasteiger partial charge on any atom is 0.240 e. The minimum atomic E-state index is -3.46. The third-order valence-electron chi connectivity index (χ3n) is 4.34. The molecule has 0 atom stereocenters. The van der Waals surface area contributed by atoms with Crippen molar-refractivity contribution in [1.82, 2.24) is 4.72 Å². The van der Waals surface area contributed by atoms with Crippen molar-refractivity contribution in [3.05, 3.63) is 64.7 Å². The van der Waals surface area contributed by atoms with Gasteiger partial charge in [-0.05, 0) is 67.0 Å². The molecular weight excluding hydrogens is 294 g/mol. The number of aryl methyl sites for hydroxylation is 3. The monoisotopic (exact) mass is 315 g/mol. The predicted molar refractivity (Wildman–Crippen MR) is 88.3 cm³/mol. The first kappa shape index (κ1) is 15.3. The molecule has 0 radical (unpaired) electrons. The van der Waals surface area contributed by atoms with Crippen LogP contribution < -0.4 is 4.72 Å². The van der Waals surface area contributed by atoms with Gasteiger partial charge in [-0.1, -0.05) is 30.3 Å². The van der Waals surface area contributed by atoms with Gasteiger partial charge in [0.25, 0.3) is 0 Å². The highest BCUT2D eigenvalue weighted by Gasteiger charge is 2.17. The van der Waals surface area contributed by atoms with Crippen LogP contribution in [0.15, 0.2) is 47.4 Å². The molecule has 1 N–H and O–H groups in total. The Morgan fingerprint density at radius 1 is 1.00 bits per heavy atom. The van der Waals surface area contributed by atoms with Crippen LogP contribution in [0.3, 0.4) is 0 Å². The Morgan fingerprint density at radius 2 is 1.73 bits per heavy atom. The topological polar surface area (TPSA) is 46.2 Å². The fourth-order valence-corrected chi connectivity index (χ4v) is 4.00. The number of sulfonamides is 1. The van der Waals surface area contributed by atoms with Crippen molar-refractivity contribution in [2.45, 2.75) is 44.0 Å². The minimum Gasteiger partial charge on any atom is -0.207 e. The first-order valence-electron chi connectivity index (χ1n) is 7.72. The van der Waals surface area contributed by atoms with E-state index >= 15 is 0 Å². The van der Waals surface area contributed by atoms with Gasteiger partial charge in [0.2, 0.25) is 10.0 Å². The van der Waals surface area contributed by atoms with Gasteiger partial charge in [0, 0.05) is 6.54 Å². The number of hydrogen-bond donors (Lipinski definition) is 1. The molecule has 3 nitrogen and oxygen atoms in total. The van der Waals surface area contributed by atoms with Crippen LogP contribution in [0.25, 0.3) is 0 Å². The molecule has 0 amide bonds. The molecule has 1 aliphatic carbocycles. The zero-order chi connectivity index (χ0) is 15.6. The van der Waals surface area contributed by atoms with E-state index in [0.717, 1.165) is 30.4 Å². The van der Waals surface area contributed by atoms with E-state index in [9.17, 15) is 8.42 Å². The number of nitrogens with one attached hydrogen (secondary N) is 1. The van der Waals surface area contributed by atoms with E-state index < -0.39 is 10.0 Å². The second-order valence-corrected chi connectivity index (χ2v) is 7.66. The maximum absolute atomic E-state index is 12.5. The SMILES string of the molecule is Cc1ccccc1CNS(=O)(=O)c1ccc2c(c1)CCCC2. The van der Waals surface area contributed by atoms with Gasteiger partial charge in [-0.2, -0.15) is 0 Å². The quantitative estimate of drug-likeness (QED) is 0.940. The lowest BCUT2D eigenvalue weighted by atomic mass is 9.92. The Kier molecular flexibility index (Phi) is 4.32. The highest BCUT2D eigenvalue weighted by atomic mass is 32.2. The Morgan fingerprint density at radius 3 is 2.50 bits per heavy atom. The van der Waals surface area contributed by atoms with Crippen molar-refractivity contribution in [3.63, 3.8) is 0 Å². The van der Waals surface area contributed by atoms with Crippen molar-refractivity contribution in [2.24, 2.45) is 0 Å².